The summed E-state index contributed by atoms with van der Waals surface area (Å²) in [5.74, 6) is -0.281. The van der Waals surface area contributed by atoms with Crippen molar-refractivity contribution in [2.45, 2.75) is 37.2 Å². The molecule has 1 fully saturated rings. The number of rotatable bonds is 3. The van der Waals surface area contributed by atoms with Gasteiger partial charge in [-0.2, -0.15) is 0 Å². The van der Waals surface area contributed by atoms with Crippen LogP contribution in [0.2, 0.25) is 0 Å². The van der Waals surface area contributed by atoms with Crippen LogP contribution in [0, 0.1) is 0 Å². The lowest BCUT2D eigenvalue weighted by Crippen LogP contribution is -2.37. The Labute approximate surface area is 84.6 Å². The Balaban J connectivity index is 2.78. The molecule has 0 N–H and O–H groups in total. The molecule has 0 amide bonds. The lowest BCUT2D eigenvalue weighted by Gasteiger charge is -2.24. The Kier molecular flexibility index (Phi) is 3.66. The first-order chi connectivity index (χ1) is 6.46. The molecule has 0 aromatic rings. The number of hydrogen-bond donors (Lipinski definition) is 0. The van der Waals surface area contributed by atoms with Crippen molar-refractivity contribution in [2.24, 2.45) is 0 Å². The van der Waals surface area contributed by atoms with Crippen LogP contribution in [0.15, 0.2) is 0 Å². The zero-order chi connectivity index (χ0) is 10.8. The van der Waals surface area contributed by atoms with Gasteiger partial charge < -0.3 is 4.74 Å². The van der Waals surface area contributed by atoms with E-state index in [2.05, 4.69) is 0 Å². The molecule has 82 valence electrons. The fraction of sp³-hybridized carbons (Fsp3) is 0.889. The maximum absolute atomic E-state index is 11.9. The van der Waals surface area contributed by atoms with Gasteiger partial charge in [0.15, 0.2) is 9.84 Å². The Bertz CT molecular complexity index is 301. The van der Waals surface area contributed by atoms with Crippen LogP contribution in [0.1, 0.15) is 26.7 Å². The molecule has 1 atom stereocenters. The molecule has 1 unspecified atom stereocenters. The van der Waals surface area contributed by atoms with Gasteiger partial charge in [0, 0.05) is 13.2 Å². The topological polar surface area (TPSA) is 60.4 Å². The Hall–Kier alpha value is -0.420. The molecule has 1 heterocycles. The average molecular weight is 220 g/mol. The van der Waals surface area contributed by atoms with E-state index in [9.17, 15) is 13.2 Å². The van der Waals surface area contributed by atoms with Crippen molar-refractivity contribution in [1.29, 1.82) is 0 Å². The summed E-state index contributed by atoms with van der Waals surface area (Å²) in [5, 5.41) is -1.26. The fourth-order valence-corrected chi connectivity index (χ4v) is 3.41. The number of ether oxygens (including phenoxy) is 1. The monoisotopic (exact) mass is 220 g/mol. The summed E-state index contributed by atoms with van der Waals surface area (Å²) in [6.07, 6.45) is 1.03. The average Bonchev–Trinajstić information content (AvgIpc) is 2.18. The van der Waals surface area contributed by atoms with Gasteiger partial charge >= 0.3 is 0 Å². The highest BCUT2D eigenvalue weighted by Crippen LogP contribution is 2.20. The summed E-state index contributed by atoms with van der Waals surface area (Å²) >= 11 is 0. The number of ketones is 1. The van der Waals surface area contributed by atoms with Gasteiger partial charge in [-0.15, -0.1) is 0 Å². The zero-order valence-electron chi connectivity index (χ0n) is 8.52. The first kappa shape index (κ1) is 11.7. The van der Waals surface area contributed by atoms with Gasteiger partial charge in [0.25, 0.3) is 0 Å². The number of carbonyl (C=O) groups excluding carboxylic acids is 1. The number of sulfone groups is 1. The minimum atomic E-state index is -3.29. The molecular weight excluding hydrogens is 204 g/mol. The molecule has 5 heteroatoms. The quantitative estimate of drug-likeness (QED) is 0.697. The molecule has 14 heavy (non-hydrogen) atoms. The van der Waals surface area contributed by atoms with Gasteiger partial charge in [-0.1, -0.05) is 0 Å². The van der Waals surface area contributed by atoms with Gasteiger partial charge in [-0.25, -0.2) is 8.42 Å². The number of Topliss-reactive ketones (excluding diaryl/α,β-unsaturated/α-hetero) is 1. The van der Waals surface area contributed by atoms with Crippen molar-refractivity contribution in [3.05, 3.63) is 0 Å². The van der Waals surface area contributed by atoms with E-state index < -0.39 is 20.3 Å². The summed E-state index contributed by atoms with van der Waals surface area (Å²) in [6, 6.07) is 0. The van der Waals surface area contributed by atoms with E-state index in [0.717, 1.165) is 0 Å². The third-order valence-electron chi connectivity index (χ3n) is 2.70. The second kappa shape index (κ2) is 4.40. The maximum atomic E-state index is 11.9. The fourth-order valence-electron chi connectivity index (χ4n) is 1.52. The first-order valence-corrected chi connectivity index (χ1v) is 6.38. The third-order valence-corrected chi connectivity index (χ3v) is 5.42. The predicted molar refractivity (Wildman–Crippen MR) is 52.9 cm³/mol. The van der Waals surface area contributed by atoms with Gasteiger partial charge in [0.05, 0.1) is 5.25 Å². The van der Waals surface area contributed by atoms with Crippen LogP contribution >= 0.6 is 0 Å². The SMILES string of the molecule is CC(=O)C(C)S(=O)(=O)C1CCOCC1. The number of hydrogen-bond acceptors (Lipinski definition) is 4. The van der Waals surface area contributed by atoms with Crippen LogP contribution in [0.3, 0.4) is 0 Å². The smallest absolute Gasteiger partial charge is 0.162 e. The van der Waals surface area contributed by atoms with E-state index >= 15 is 0 Å². The molecule has 0 aromatic carbocycles. The summed E-state index contributed by atoms with van der Waals surface area (Å²) in [5.41, 5.74) is 0. The minimum absolute atomic E-state index is 0.281. The van der Waals surface area contributed by atoms with Crippen LogP contribution in [0.25, 0.3) is 0 Å². The molecule has 0 aliphatic carbocycles. The molecule has 0 aromatic heterocycles. The molecule has 0 radical (unpaired) electrons. The highest BCUT2D eigenvalue weighted by molar-refractivity contribution is 7.93. The third kappa shape index (κ3) is 2.33. The summed E-state index contributed by atoms with van der Waals surface area (Å²) in [4.78, 5) is 11.0. The zero-order valence-corrected chi connectivity index (χ0v) is 9.34. The van der Waals surface area contributed by atoms with Crippen molar-refractivity contribution in [2.75, 3.05) is 13.2 Å². The lowest BCUT2D eigenvalue weighted by molar-refractivity contribution is -0.116. The van der Waals surface area contributed by atoms with Crippen LogP contribution in [-0.2, 0) is 19.4 Å². The predicted octanol–water partition coefficient (Wildman–Crippen LogP) is 0.558. The highest BCUT2D eigenvalue weighted by Gasteiger charge is 2.34. The molecule has 0 saturated carbocycles. The normalized spacial score (nSPS) is 21.9. The summed E-state index contributed by atoms with van der Waals surface area (Å²) in [6.45, 7) is 3.75. The van der Waals surface area contributed by atoms with Crippen molar-refractivity contribution in [1.82, 2.24) is 0 Å². The van der Waals surface area contributed by atoms with Gasteiger partial charge in [0.2, 0.25) is 0 Å². The Morgan fingerprint density at radius 2 is 1.86 bits per heavy atom. The first-order valence-electron chi connectivity index (χ1n) is 4.77. The molecule has 1 rings (SSSR count). The van der Waals surface area contributed by atoms with Gasteiger partial charge in [0.1, 0.15) is 11.0 Å². The molecule has 0 spiro atoms. The lowest BCUT2D eigenvalue weighted by atomic mass is 10.2. The van der Waals surface area contributed by atoms with E-state index in [1.165, 1.54) is 13.8 Å². The van der Waals surface area contributed by atoms with Crippen molar-refractivity contribution < 1.29 is 17.9 Å². The van der Waals surface area contributed by atoms with Crippen LogP contribution < -0.4 is 0 Å². The van der Waals surface area contributed by atoms with E-state index in [4.69, 9.17) is 4.74 Å². The Morgan fingerprint density at radius 3 is 2.29 bits per heavy atom. The van der Waals surface area contributed by atoms with E-state index in [1.807, 2.05) is 0 Å². The summed E-state index contributed by atoms with van der Waals surface area (Å²) < 4.78 is 28.8. The molecule has 1 aliphatic heterocycles. The second-order valence-corrected chi connectivity index (χ2v) is 6.21. The minimum Gasteiger partial charge on any atom is -0.381 e. The molecule has 4 nitrogen and oxygen atoms in total. The van der Waals surface area contributed by atoms with Gasteiger partial charge in [-0.05, 0) is 26.7 Å². The standard InChI is InChI=1S/C9H16O4S/c1-7(10)8(2)14(11,12)9-3-5-13-6-4-9/h8-9H,3-6H2,1-2H3. The molecule has 0 bridgehead atoms. The van der Waals surface area contributed by atoms with Crippen molar-refractivity contribution in [3.8, 4) is 0 Å². The molecular formula is C9H16O4S. The van der Waals surface area contributed by atoms with Crippen LogP contribution in [0.4, 0.5) is 0 Å². The molecule has 1 saturated heterocycles. The van der Waals surface area contributed by atoms with Crippen molar-refractivity contribution >= 4 is 15.6 Å². The largest absolute Gasteiger partial charge is 0.381 e. The Morgan fingerprint density at radius 1 is 1.36 bits per heavy atom. The van der Waals surface area contributed by atoms with E-state index in [0.29, 0.717) is 26.1 Å². The number of carbonyl (C=O) groups is 1. The highest BCUT2D eigenvalue weighted by atomic mass is 32.2. The van der Waals surface area contributed by atoms with Crippen LogP contribution in [-0.4, -0.2) is 37.9 Å². The summed E-state index contributed by atoms with van der Waals surface area (Å²) in [7, 11) is -3.29. The van der Waals surface area contributed by atoms with E-state index in [1.54, 1.807) is 0 Å². The molecule has 1 aliphatic rings. The van der Waals surface area contributed by atoms with E-state index in [-0.39, 0.29) is 5.78 Å². The maximum Gasteiger partial charge on any atom is 0.162 e. The van der Waals surface area contributed by atoms with Gasteiger partial charge in [-0.3, -0.25) is 4.79 Å². The van der Waals surface area contributed by atoms with Crippen LogP contribution in [0.5, 0.6) is 0 Å². The second-order valence-electron chi connectivity index (χ2n) is 3.65. The van der Waals surface area contributed by atoms with Crippen molar-refractivity contribution in [3.63, 3.8) is 0 Å².